The Bertz CT molecular complexity index is 319. The number of pyridine rings is 1. The summed E-state index contributed by atoms with van der Waals surface area (Å²) in [4.78, 5) is 3.24. The van der Waals surface area contributed by atoms with Crippen LogP contribution in [0.1, 0.15) is 12.0 Å². The fourth-order valence-electron chi connectivity index (χ4n) is 0.761. The number of nitrogens with zero attached hydrogens (tertiary/aromatic N) is 1. The molecule has 0 unspecified atom stereocenters. The van der Waals surface area contributed by atoms with Crippen LogP contribution in [0.3, 0.4) is 0 Å². The van der Waals surface area contributed by atoms with Crippen LogP contribution >= 0.6 is 22.6 Å². The Balaban J connectivity index is 3.20. The molecule has 0 aliphatic carbocycles. The van der Waals surface area contributed by atoms with Gasteiger partial charge in [-0.3, -0.25) is 0 Å². The van der Waals surface area contributed by atoms with Crippen LogP contribution in [0, 0.1) is 9.52 Å². The fourth-order valence-corrected chi connectivity index (χ4v) is 1.44. The van der Waals surface area contributed by atoms with Crippen molar-refractivity contribution >= 4 is 22.6 Å². The lowest BCUT2D eigenvalue weighted by molar-refractivity contribution is 0.144. The van der Waals surface area contributed by atoms with Crippen LogP contribution in [-0.4, -0.2) is 12.1 Å². The highest BCUT2D eigenvalue weighted by Crippen LogP contribution is 2.27. The number of rotatable bonds is 2. The molecule has 0 saturated heterocycles. The summed E-state index contributed by atoms with van der Waals surface area (Å²) in [6.45, 7) is 0. The van der Waals surface area contributed by atoms with E-state index in [0.717, 1.165) is 6.07 Å². The number of hydrogen-bond acceptors (Lipinski definition) is 2. The quantitative estimate of drug-likeness (QED) is 0.619. The first-order valence-corrected chi connectivity index (χ1v) is 4.32. The molecule has 72 valence electrons. The molecule has 0 radical (unpaired) electrons. The van der Waals surface area contributed by atoms with Crippen LogP contribution in [0.4, 0.5) is 13.2 Å². The van der Waals surface area contributed by atoms with Gasteiger partial charge in [-0.15, -0.1) is 0 Å². The van der Waals surface area contributed by atoms with E-state index in [2.05, 4.69) is 9.72 Å². The van der Waals surface area contributed by atoms with Crippen molar-refractivity contribution in [2.75, 3.05) is 7.11 Å². The molecule has 0 aliphatic rings. The molecule has 0 aliphatic heterocycles. The second-order valence-electron chi connectivity index (χ2n) is 2.16. The molecule has 0 N–H and O–H groups in total. The molecular formula is C7H5F3INO. The molecular weight excluding hydrogens is 298 g/mol. The van der Waals surface area contributed by atoms with Gasteiger partial charge < -0.3 is 4.74 Å². The Labute approximate surface area is 86.3 Å². The molecule has 6 heteroatoms. The third kappa shape index (κ3) is 2.23. The van der Waals surface area contributed by atoms with E-state index < -0.39 is 17.9 Å². The lowest BCUT2D eigenvalue weighted by Gasteiger charge is -2.05. The van der Waals surface area contributed by atoms with Crippen LogP contribution < -0.4 is 4.74 Å². The Hall–Kier alpha value is -0.530. The average molecular weight is 303 g/mol. The van der Waals surface area contributed by atoms with Gasteiger partial charge in [-0.25, -0.2) is 8.78 Å². The van der Waals surface area contributed by atoms with Gasteiger partial charge in [0.2, 0.25) is 11.8 Å². The maximum absolute atomic E-state index is 12.8. The minimum absolute atomic E-state index is 0.0162. The number of halogens is 4. The molecule has 1 heterocycles. The Morgan fingerprint density at radius 3 is 2.62 bits per heavy atom. The van der Waals surface area contributed by atoms with Crippen molar-refractivity contribution < 1.29 is 17.9 Å². The van der Waals surface area contributed by atoms with E-state index in [9.17, 15) is 13.2 Å². The molecule has 0 bridgehead atoms. The Morgan fingerprint density at radius 1 is 1.54 bits per heavy atom. The number of ether oxygens (including phenoxy) is 1. The third-order valence-corrected chi connectivity index (χ3v) is 2.13. The molecule has 0 atom stereocenters. The van der Waals surface area contributed by atoms with Crippen LogP contribution in [-0.2, 0) is 0 Å². The topological polar surface area (TPSA) is 22.1 Å². The van der Waals surface area contributed by atoms with Crippen molar-refractivity contribution in [1.29, 1.82) is 0 Å². The summed E-state index contributed by atoms with van der Waals surface area (Å²) in [6, 6.07) is 1.02. The molecule has 13 heavy (non-hydrogen) atoms. The van der Waals surface area contributed by atoms with Gasteiger partial charge in [-0.1, -0.05) is 0 Å². The normalized spacial score (nSPS) is 10.6. The van der Waals surface area contributed by atoms with Crippen molar-refractivity contribution in [3.63, 3.8) is 0 Å². The third-order valence-electron chi connectivity index (χ3n) is 1.35. The summed E-state index contributed by atoms with van der Waals surface area (Å²) in [5.74, 6) is -1.17. The van der Waals surface area contributed by atoms with Crippen molar-refractivity contribution in [2.45, 2.75) is 6.43 Å². The van der Waals surface area contributed by atoms with E-state index in [1.165, 1.54) is 7.11 Å². The van der Waals surface area contributed by atoms with Gasteiger partial charge >= 0.3 is 0 Å². The SMILES string of the molecule is COc1nc(F)c(C(F)F)cc1I. The standard InChI is InChI=1S/C7H5F3INO/c1-13-7-4(11)2-3(5(8)9)6(10)12-7/h2,5H,1H3. The summed E-state index contributed by atoms with van der Waals surface area (Å²) >= 11 is 1.75. The zero-order valence-electron chi connectivity index (χ0n) is 6.52. The van der Waals surface area contributed by atoms with Crippen LogP contribution in [0.15, 0.2) is 6.07 Å². The van der Waals surface area contributed by atoms with E-state index in [4.69, 9.17) is 0 Å². The second kappa shape index (κ2) is 4.12. The minimum Gasteiger partial charge on any atom is -0.480 e. The van der Waals surface area contributed by atoms with E-state index in [0.29, 0.717) is 3.57 Å². The van der Waals surface area contributed by atoms with Crippen LogP contribution in [0.5, 0.6) is 5.88 Å². The average Bonchev–Trinajstić information content (AvgIpc) is 2.07. The zero-order chi connectivity index (χ0) is 10.0. The highest BCUT2D eigenvalue weighted by molar-refractivity contribution is 14.1. The maximum Gasteiger partial charge on any atom is 0.268 e. The van der Waals surface area contributed by atoms with Crippen LogP contribution in [0.2, 0.25) is 0 Å². The molecule has 1 aromatic rings. The first kappa shape index (κ1) is 10.6. The number of alkyl halides is 2. The summed E-state index contributed by atoms with van der Waals surface area (Å²) in [6.07, 6.45) is -2.85. The molecule has 0 fully saturated rings. The predicted octanol–water partition coefficient (Wildman–Crippen LogP) is 2.77. The molecule has 0 amide bonds. The summed E-state index contributed by atoms with van der Waals surface area (Å²) in [5, 5.41) is 0. The highest BCUT2D eigenvalue weighted by Gasteiger charge is 2.17. The molecule has 2 nitrogen and oxygen atoms in total. The van der Waals surface area contributed by atoms with Crippen molar-refractivity contribution in [2.24, 2.45) is 0 Å². The smallest absolute Gasteiger partial charge is 0.268 e. The summed E-state index contributed by atoms with van der Waals surface area (Å²) < 4.78 is 42.0. The van der Waals surface area contributed by atoms with Crippen molar-refractivity contribution in [1.82, 2.24) is 4.98 Å². The van der Waals surface area contributed by atoms with E-state index in [1.807, 2.05) is 0 Å². The van der Waals surface area contributed by atoms with Gasteiger partial charge in [0.1, 0.15) is 0 Å². The lowest BCUT2D eigenvalue weighted by atomic mass is 10.3. The number of aromatic nitrogens is 1. The van der Waals surface area contributed by atoms with Gasteiger partial charge in [0.25, 0.3) is 6.43 Å². The first-order valence-electron chi connectivity index (χ1n) is 3.24. The second-order valence-corrected chi connectivity index (χ2v) is 3.32. The zero-order valence-corrected chi connectivity index (χ0v) is 8.68. The first-order chi connectivity index (χ1) is 6.06. The highest BCUT2D eigenvalue weighted by atomic mass is 127. The Morgan fingerprint density at radius 2 is 2.15 bits per heavy atom. The number of hydrogen-bond donors (Lipinski definition) is 0. The lowest BCUT2D eigenvalue weighted by Crippen LogP contribution is -1.99. The Kier molecular flexibility index (Phi) is 3.34. The van der Waals surface area contributed by atoms with Gasteiger partial charge in [0.05, 0.1) is 16.2 Å². The fraction of sp³-hybridized carbons (Fsp3) is 0.286. The molecule has 0 spiro atoms. The van der Waals surface area contributed by atoms with Gasteiger partial charge in [0.15, 0.2) is 0 Å². The van der Waals surface area contributed by atoms with E-state index in [1.54, 1.807) is 22.6 Å². The molecule has 1 rings (SSSR count). The molecule has 0 saturated carbocycles. The van der Waals surface area contributed by atoms with Crippen molar-refractivity contribution in [3.8, 4) is 5.88 Å². The summed E-state index contributed by atoms with van der Waals surface area (Å²) in [7, 11) is 1.30. The van der Waals surface area contributed by atoms with E-state index >= 15 is 0 Å². The minimum atomic E-state index is -2.85. The number of methoxy groups -OCH3 is 1. The van der Waals surface area contributed by atoms with Crippen LogP contribution in [0.25, 0.3) is 0 Å². The maximum atomic E-state index is 12.8. The largest absolute Gasteiger partial charge is 0.480 e. The summed E-state index contributed by atoms with van der Waals surface area (Å²) in [5.41, 5.74) is -0.704. The van der Waals surface area contributed by atoms with Gasteiger partial charge in [-0.2, -0.15) is 9.37 Å². The molecule has 1 aromatic heterocycles. The molecule has 0 aromatic carbocycles. The van der Waals surface area contributed by atoms with E-state index in [-0.39, 0.29) is 5.88 Å². The monoisotopic (exact) mass is 303 g/mol. The predicted molar refractivity (Wildman–Crippen MR) is 48.4 cm³/mol. The van der Waals surface area contributed by atoms with Gasteiger partial charge in [0, 0.05) is 0 Å². The van der Waals surface area contributed by atoms with Gasteiger partial charge in [-0.05, 0) is 28.7 Å². The van der Waals surface area contributed by atoms with Crippen molar-refractivity contribution in [3.05, 3.63) is 21.1 Å².